The molecule has 9 rings (SSSR count). The van der Waals surface area contributed by atoms with Crippen molar-refractivity contribution in [2.24, 2.45) is 0 Å². The summed E-state index contributed by atoms with van der Waals surface area (Å²) in [5.74, 6) is 0.729. The molecule has 0 amide bonds. The van der Waals surface area contributed by atoms with Crippen LogP contribution in [0.3, 0.4) is 0 Å². The molecule has 2 atom stereocenters. The minimum Gasteiger partial charge on any atom is -0.135 e. The highest BCUT2D eigenvalue weighted by Crippen LogP contribution is 2.45. The first kappa shape index (κ1) is 29.1. The predicted molar refractivity (Wildman–Crippen MR) is 210 cm³/mol. The first-order valence-electron chi connectivity index (χ1n) is 17.0. The zero-order valence-corrected chi connectivity index (χ0v) is 28.8. The summed E-state index contributed by atoms with van der Waals surface area (Å²) in [5.41, 5.74) is 7.08. The standard InChI is InChI=1S/C46H36SSi/c1-32-38-23-10-11-25-40(38)39-24-9-8-16-34(39)31-43(32)33-17-14-22-37(30-33)48(35-18-4-2-5-19-35,36-20-6-3-7-21-36)45-29-15-27-42-41-26-12-13-28-44(41)47-46(42)45/h2-30,32,43H,31H2,1H3. The molecule has 8 aromatic rings. The summed E-state index contributed by atoms with van der Waals surface area (Å²) < 4.78 is 2.76. The molecule has 230 valence electrons. The van der Waals surface area contributed by atoms with Crippen LogP contribution in [0.15, 0.2) is 176 Å². The molecule has 0 spiro atoms. The van der Waals surface area contributed by atoms with Crippen LogP contribution >= 0.6 is 11.3 Å². The molecule has 2 unspecified atom stereocenters. The van der Waals surface area contributed by atoms with Gasteiger partial charge in [0.2, 0.25) is 0 Å². The molecule has 1 aromatic heterocycles. The summed E-state index contributed by atoms with van der Waals surface area (Å²) in [6, 6.07) is 66.7. The van der Waals surface area contributed by atoms with Crippen LogP contribution < -0.4 is 20.7 Å². The Balaban J connectivity index is 1.33. The van der Waals surface area contributed by atoms with Gasteiger partial charge in [0.15, 0.2) is 8.07 Å². The monoisotopic (exact) mass is 648 g/mol. The van der Waals surface area contributed by atoms with Gasteiger partial charge in [0, 0.05) is 20.2 Å². The average Bonchev–Trinajstić information content (AvgIpc) is 3.49. The molecule has 0 aliphatic heterocycles. The zero-order chi connectivity index (χ0) is 32.1. The molecule has 0 bridgehead atoms. The molecule has 0 radical (unpaired) electrons. The summed E-state index contributed by atoms with van der Waals surface area (Å²) in [4.78, 5) is 0. The van der Waals surface area contributed by atoms with Crippen LogP contribution in [-0.2, 0) is 6.42 Å². The van der Waals surface area contributed by atoms with Crippen LogP contribution in [0.4, 0.5) is 0 Å². The van der Waals surface area contributed by atoms with Crippen molar-refractivity contribution < 1.29 is 0 Å². The van der Waals surface area contributed by atoms with Gasteiger partial charge in [0.1, 0.15) is 0 Å². The second-order valence-electron chi connectivity index (χ2n) is 13.2. The van der Waals surface area contributed by atoms with E-state index in [0.717, 1.165) is 6.42 Å². The van der Waals surface area contributed by atoms with E-state index < -0.39 is 8.07 Å². The summed E-state index contributed by atoms with van der Waals surface area (Å²) in [6.07, 6.45) is 1.02. The minimum absolute atomic E-state index is 0.355. The summed E-state index contributed by atoms with van der Waals surface area (Å²) in [7, 11) is -2.79. The molecular weight excluding hydrogens is 613 g/mol. The van der Waals surface area contributed by atoms with Crippen LogP contribution in [0.25, 0.3) is 31.3 Å². The Labute approximate surface area is 288 Å². The Morgan fingerprint density at radius 3 is 1.92 bits per heavy atom. The highest BCUT2D eigenvalue weighted by molar-refractivity contribution is 7.30. The van der Waals surface area contributed by atoms with Crippen LogP contribution in [0, 0.1) is 0 Å². The highest BCUT2D eigenvalue weighted by Gasteiger charge is 2.43. The maximum Gasteiger partial charge on any atom is 0.181 e. The maximum atomic E-state index is 2.61. The van der Waals surface area contributed by atoms with Crippen molar-refractivity contribution in [3.63, 3.8) is 0 Å². The van der Waals surface area contributed by atoms with E-state index in [9.17, 15) is 0 Å². The Morgan fingerprint density at radius 1 is 0.521 bits per heavy atom. The lowest BCUT2D eigenvalue weighted by molar-refractivity contribution is 0.580. The highest BCUT2D eigenvalue weighted by atomic mass is 32.1. The van der Waals surface area contributed by atoms with E-state index in [2.05, 4.69) is 183 Å². The summed E-state index contributed by atoms with van der Waals surface area (Å²) in [6.45, 7) is 2.44. The SMILES string of the molecule is CC1c2ccccc2-c2ccccc2CC1c1cccc([Si](c2ccccc2)(c2ccccc2)c2cccc3c2sc2ccccc23)c1. The fourth-order valence-electron chi connectivity index (χ4n) is 8.53. The summed E-state index contributed by atoms with van der Waals surface area (Å²) in [5, 5.41) is 8.46. The Kier molecular flexibility index (Phi) is 7.22. The molecule has 0 nitrogen and oxygen atoms in total. The second kappa shape index (κ2) is 11.9. The molecule has 0 N–H and O–H groups in total. The van der Waals surface area contributed by atoms with Crippen molar-refractivity contribution in [1.82, 2.24) is 0 Å². The Morgan fingerprint density at radius 2 is 1.12 bits per heavy atom. The predicted octanol–water partition coefficient (Wildman–Crippen LogP) is 9.54. The normalized spacial score (nSPS) is 15.9. The third-order valence-corrected chi connectivity index (χ3v) is 17.0. The van der Waals surface area contributed by atoms with Crippen molar-refractivity contribution in [2.75, 3.05) is 0 Å². The van der Waals surface area contributed by atoms with Crippen molar-refractivity contribution >= 4 is 60.3 Å². The minimum atomic E-state index is -2.79. The van der Waals surface area contributed by atoms with Crippen LogP contribution in [0.1, 0.15) is 35.4 Å². The third kappa shape index (κ3) is 4.55. The van der Waals surface area contributed by atoms with Gasteiger partial charge < -0.3 is 0 Å². The van der Waals surface area contributed by atoms with E-state index in [1.807, 2.05) is 11.3 Å². The molecule has 1 aliphatic carbocycles. The average molecular weight is 649 g/mol. The third-order valence-electron chi connectivity index (χ3n) is 10.8. The summed E-state index contributed by atoms with van der Waals surface area (Å²) >= 11 is 1.95. The molecule has 1 aliphatic rings. The number of thiophene rings is 1. The smallest absolute Gasteiger partial charge is 0.135 e. The number of fused-ring (bicyclic) bond motifs is 6. The molecule has 7 aromatic carbocycles. The molecule has 2 heteroatoms. The molecule has 0 fully saturated rings. The number of hydrogen-bond acceptors (Lipinski definition) is 1. The number of rotatable bonds is 5. The molecule has 0 saturated heterocycles. The van der Waals surface area contributed by atoms with Gasteiger partial charge >= 0.3 is 0 Å². The molecular formula is C46H36SSi. The quantitative estimate of drug-likeness (QED) is 0.129. The Hall–Kier alpha value is -5.02. The van der Waals surface area contributed by atoms with Gasteiger partial charge in [-0.1, -0.05) is 177 Å². The van der Waals surface area contributed by atoms with E-state index in [0.29, 0.717) is 11.8 Å². The van der Waals surface area contributed by atoms with Crippen molar-refractivity contribution in [3.8, 4) is 11.1 Å². The number of benzene rings is 7. The van der Waals surface area contributed by atoms with Gasteiger partial charge in [-0.15, -0.1) is 11.3 Å². The van der Waals surface area contributed by atoms with Gasteiger partial charge in [0.25, 0.3) is 0 Å². The lowest BCUT2D eigenvalue weighted by Gasteiger charge is -2.35. The van der Waals surface area contributed by atoms with Crippen LogP contribution in [0.5, 0.6) is 0 Å². The maximum absolute atomic E-state index is 2.79. The van der Waals surface area contributed by atoms with Gasteiger partial charge in [-0.3, -0.25) is 0 Å². The zero-order valence-electron chi connectivity index (χ0n) is 27.0. The van der Waals surface area contributed by atoms with Gasteiger partial charge in [0.05, 0.1) is 0 Å². The Bertz CT molecular complexity index is 2370. The van der Waals surface area contributed by atoms with E-state index in [4.69, 9.17) is 0 Å². The fraction of sp³-hybridized carbons (Fsp3) is 0.0870. The van der Waals surface area contributed by atoms with Crippen molar-refractivity contribution in [2.45, 2.75) is 25.2 Å². The van der Waals surface area contributed by atoms with Gasteiger partial charge in [-0.2, -0.15) is 0 Å². The topological polar surface area (TPSA) is 0 Å². The largest absolute Gasteiger partial charge is 0.181 e. The van der Waals surface area contributed by atoms with E-state index in [-0.39, 0.29) is 0 Å². The lowest BCUT2D eigenvalue weighted by Crippen LogP contribution is -2.74. The van der Waals surface area contributed by atoms with Crippen LogP contribution in [-0.4, -0.2) is 8.07 Å². The van der Waals surface area contributed by atoms with Crippen LogP contribution in [0.2, 0.25) is 0 Å². The first-order valence-corrected chi connectivity index (χ1v) is 19.8. The molecule has 1 heterocycles. The van der Waals surface area contributed by atoms with Gasteiger partial charge in [-0.05, 0) is 72.9 Å². The first-order chi connectivity index (χ1) is 23.7. The van der Waals surface area contributed by atoms with E-state index >= 15 is 0 Å². The molecule has 0 saturated carbocycles. The van der Waals surface area contributed by atoms with E-state index in [1.165, 1.54) is 68.7 Å². The van der Waals surface area contributed by atoms with Gasteiger partial charge in [-0.25, -0.2) is 0 Å². The van der Waals surface area contributed by atoms with Crippen molar-refractivity contribution in [3.05, 3.63) is 193 Å². The fourth-order valence-corrected chi connectivity index (χ4v) is 15.1. The molecule has 48 heavy (non-hydrogen) atoms. The van der Waals surface area contributed by atoms with E-state index in [1.54, 1.807) is 0 Å². The van der Waals surface area contributed by atoms with Crippen molar-refractivity contribution in [1.29, 1.82) is 0 Å². The number of hydrogen-bond donors (Lipinski definition) is 0. The second-order valence-corrected chi connectivity index (χ2v) is 18.1. The lowest BCUT2D eigenvalue weighted by atomic mass is 9.80.